The van der Waals surface area contributed by atoms with E-state index in [-0.39, 0.29) is 11.5 Å². The van der Waals surface area contributed by atoms with E-state index in [1.165, 1.54) is 6.92 Å². The predicted molar refractivity (Wildman–Crippen MR) is 97.7 cm³/mol. The summed E-state index contributed by atoms with van der Waals surface area (Å²) in [4.78, 5) is 12.1. The summed E-state index contributed by atoms with van der Waals surface area (Å²) in [5.41, 5.74) is 2.84. The summed E-state index contributed by atoms with van der Waals surface area (Å²) in [6, 6.07) is 12.2. The number of aryl methyl sites for hydroxylation is 2. The molecule has 4 nitrogen and oxygen atoms in total. The van der Waals surface area contributed by atoms with E-state index in [9.17, 15) is 13.2 Å². The smallest absolute Gasteiger partial charge is 0.182 e. The molecule has 0 amide bonds. The van der Waals surface area contributed by atoms with Crippen molar-refractivity contribution >= 4 is 26.6 Å². The molecule has 0 aliphatic carbocycles. The summed E-state index contributed by atoms with van der Waals surface area (Å²) in [5, 5.41) is 0.666. The lowest BCUT2D eigenvalue weighted by molar-refractivity contribution is 0.101. The molecule has 0 aliphatic rings. The predicted octanol–water partition coefficient (Wildman–Crippen LogP) is 4.48. The number of carbonyl (C=O) groups is 1. The molecule has 0 bridgehead atoms. The van der Waals surface area contributed by atoms with E-state index >= 15 is 0 Å². The van der Waals surface area contributed by atoms with Crippen molar-refractivity contribution in [3.05, 3.63) is 64.9 Å². The molecular formula is C20H20O4S. The standard InChI is InChI=1S/C20H20O4S/c1-4-15-5-8-17(9-6-15)25(22,23)12-16-7-10-19-18(11-16)20(13(2)21)14(3)24-19/h5-11H,4,12H2,1-3H3. The molecule has 1 aromatic heterocycles. The molecule has 5 heteroatoms. The first-order valence-electron chi connectivity index (χ1n) is 8.16. The number of rotatable bonds is 5. The normalized spacial score (nSPS) is 11.8. The van der Waals surface area contributed by atoms with E-state index in [1.54, 1.807) is 37.3 Å². The van der Waals surface area contributed by atoms with Crippen molar-refractivity contribution in [3.8, 4) is 0 Å². The number of benzene rings is 2. The monoisotopic (exact) mass is 356 g/mol. The molecule has 3 rings (SSSR count). The molecule has 1 heterocycles. The van der Waals surface area contributed by atoms with Gasteiger partial charge in [0, 0.05) is 5.39 Å². The lowest BCUT2D eigenvalue weighted by Gasteiger charge is -2.06. The highest BCUT2D eigenvalue weighted by molar-refractivity contribution is 7.90. The zero-order valence-corrected chi connectivity index (χ0v) is 15.3. The van der Waals surface area contributed by atoms with Gasteiger partial charge in [0.1, 0.15) is 11.3 Å². The Balaban J connectivity index is 1.98. The van der Waals surface area contributed by atoms with E-state index in [0.29, 0.717) is 32.8 Å². The second kappa shape index (κ2) is 6.48. The Bertz CT molecular complexity index is 1040. The first-order valence-corrected chi connectivity index (χ1v) is 9.81. The molecule has 3 aromatic rings. The summed E-state index contributed by atoms with van der Waals surface area (Å²) in [7, 11) is -3.45. The Hall–Kier alpha value is -2.40. The van der Waals surface area contributed by atoms with Gasteiger partial charge in [-0.1, -0.05) is 25.1 Å². The lowest BCUT2D eigenvalue weighted by atomic mass is 10.1. The van der Waals surface area contributed by atoms with Gasteiger partial charge in [-0.3, -0.25) is 4.79 Å². The van der Waals surface area contributed by atoms with Crippen molar-refractivity contribution in [3.63, 3.8) is 0 Å². The van der Waals surface area contributed by atoms with E-state index in [4.69, 9.17) is 4.42 Å². The van der Waals surface area contributed by atoms with Gasteiger partial charge in [0.15, 0.2) is 15.6 Å². The fourth-order valence-corrected chi connectivity index (χ4v) is 4.37. The highest BCUT2D eigenvalue weighted by Crippen LogP contribution is 2.28. The van der Waals surface area contributed by atoms with Gasteiger partial charge < -0.3 is 4.42 Å². The van der Waals surface area contributed by atoms with E-state index in [2.05, 4.69) is 0 Å². The minimum Gasteiger partial charge on any atom is -0.461 e. The highest BCUT2D eigenvalue weighted by Gasteiger charge is 2.19. The van der Waals surface area contributed by atoms with Crippen LogP contribution in [0, 0.1) is 6.92 Å². The number of carbonyl (C=O) groups excluding carboxylic acids is 1. The van der Waals surface area contributed by atoms with Crippen LogP contribution in [0.25, 0.3) is 11.0 Å². The van der Waals surface area contributed by atoms with Crippen LogP contribution in [-0.4, -0.2) is 14.2 Å². The first kappa shape index (κ1) is 17.4. The minimum absolute atomic E-state index is 0.0913. The van der Waals surface area contributed by atoms with E-state index in [1.807, 2.05) is 19.1 Å². The van der Waals surface area contributed by atoms with Gasteiger partial charge in [0.2, 0.25) is 0 Å². The van der Waals surface area contributed by atoms with Crippen LogP contribution in [0.3, 0.4) is 0 Å². The van der Waals surface area contributed by atoms with Crippen LogP contribution >= 0.6 is 0 Å². The maximum Gasteiger partial charge on any atom is 0.182 e. The van der Waals surface area contributed by atoms with Gasteiger partial charge in [-0.05, 0) is 55.7 Å². The Kier molecular flexibility index (Phi) is 4.52. The Labute approximate surface area is 147 Å². The molecule has 0 aliphatic heterocycles. The largest absolute Gasteiger partial charge is 0.461 e. The zero-order valence-electron chi connectivity index (χ0n) is 14.5. The van der Waals surface area contributed by atoms with Crippen LogP contribution in [0.2, 0.25) is 0 Å². The third-order valence-electron chi connectivity index (χ3n) is 4.33. The number of sulfone groups is 1. The summed E-state index contributed by atoms with van der Waals surface area (Å²) in [6.45, 7) is 5.25. The molecule has 0 fully saturated rings. The van der Waals surface area contributed by atoms with Crippen LogP contribution in [0.15, 0.2) is 51.8 Å². The van der Waals surface area contributed by atoms with Gasteiger partial charge >= 0.3 is 0 Å². The third-order valence-corrected chi connectivity index (χ3v) is 6.03. The van der Waals surface area contributed by atoms with Crippen molar-refractivity contribution in [2.75, 3.05) is 0 Å². The summed E-state index contributed by atoms with van der Waals surface area (Å²) in [5.74, 6) is 0.347. The zero-order chi connectivity index (χ0) is 18.2. The number of furan rings is 1. The quantitative estimate of drug-likeness (QED) is 0.632. The molecule has 0 unspecified atom stereocenters. The molecule has 130 valence electrons. The van der Waals surface area contributed by atoms with Crippen LogP contribution in [-0.2, 0) is 22.0 Å². The second-order valence-electron chi connectivity index (χ2n) is 6.18. The molecular weight excluding hydrogens is 336 g/mol. The van der Waals surface area contributed by atoms with Gasteiger partial charge in [-0.25, -0.2) is 8.42 Å². The molecule has 0 atom stereocenters. The summed E-state index contributed by atoms with van der Waals surface area (Å²) >= 11 is 0. The number of ketones is 1. The van der Waals surface area contributed by atoms with Crippen molar-refractivity contribution in [2.45, 2.75) is 37.8 Å². The van der Waals surface area contributed by atoms with Gasteiger partial charge in [-0.2, -0.15) is 0 Å². The number of fused-ring (bicyclic) bond motifs is 1. The van der Waals surface area contributed by atoms with Crippen LogP contribution < -0.4 is 0 Å². The third kappa shape index (κ3) is 3.37. The fourth-order valence-electron chi connectivity index (χ4n) is 3.03. The molecule has 0 saturated carbocycles. The molecule has 25 heavy (non-hydrogen) atoms. The summed E-state index contributed by atoms with van der Waals surface area (Å²) in [6.07, 6.45) is 0.866. The van der Waals surface area contributed by atoms with Crippen molar-refractivity contribution in [1.29, 1.82) is 0 Å². The van der Waals surface area contributed by atoms with Crippen LogP contribution in [0.5, 0.6) is 0 Å². The van der Waals surface area contributed by atoms with Crippen LogP contribution in [0.4, 0.5) is 0 Å². The van der Waals surface area contributed by atoms with Gasteiger partial charge in [0.25, 0.3) is 0 Å². The van der Waals surface area contributed by atoms with Crippen molar-refractivity contribution < 1.29 is 17.6 Å². The SMILES string of the molecule is CCc1ccc(S(=O)(=O)Cc2ccc3oc(C)c(C(C)=O)c3c2)cc1. The Morgan fingerprint density at radius 2 is 1.68 bits per heavy atom. The maximum atomic E-state index is 12.7. The highest BCUT2D eigenvalue weighted by atomic mass is 32.2. The lowest BCUT2D eigenvalue weighted by Crippen LogP contribution is -2.05. The number of Topliss-reactive ketones (excluding diaryl/α,β-unsaturated/α-hetero) is 1. The van der Waals surface area contributed by atoms with E-state index in [0.717, 1.165) is 12.0 Å². The van der Waals surface area contributed by atoms with Crippen molar-refractivity contribution in [1.82, 2.24) is 0 Å². The number of hydrogen-bond acceptors (Lipinski definition) is 4. The molecule has 2 aromatic carbocycles. The van der Waals surface area contributed by atoms with Gasteiger partial charge in [0.05, 0.1) is 16.2 Å². The Morgan fingerprint density at radius 3 is 2.28 bits per heavy atom. The summed E-state index contributed by atoms with van der Waals surface area (Å²) < 4.78 is 30.9. The van der Waals surface area contributed by atoms with Crippen molar-refractivity contribution in [2.24, 2.45) is 0 Å². The van der Waals surface area contributed by atoms with Crippen LogP contribution in [0.1, 0.15) is 41.1 Å². The molecule has 0 spiro atoms. The van der Waals surface area contributed by atoms with Gasteiger partial charge in [-0.15, -0.1) is 0 Å². The average Bonchev–Trinajstić information content (AvgIpc) is 2.89. The molecule has 0 N–H and O–H groups in total. The Morgan fingerprint density at radius 1 is 1.04 bits per heavy atom. The minimum atomic E-state index is -3.45. The molecule has 0 saturated heterocycles. The average molecular weight is 356 g/mol. The van der Waals surface area contributed by atoms with E-state index < -0.39 is 9.84 Å². The maximum absolute atomic E-state index is 12.7. The first-order chi connectivity index (χ1) is 11.8. The molecule has 0 radical (unpaired) electrons. The topological polar surface area (TPSA) is 64.3 Å². The number of hydrogen-bond donors (Lipinski definition) is 0. The second-order valence-corrected chi connectivity index (χ2v) is 8.17. The fraction of sp³-hybridized carbons (Fsp3) is 0.250.